The first-order valence-corrected chi connectivity index (χ1v) is 7.16. The van der Waals surface area contributed by atoms with Crippen LogP contribution in [0.3, 0.4) is 0 Å². The van der Waals surface area contributed by atoms with Crippen LogP contribution in [0.4, 0.5) is 0 Å². The molecule has 6 nitrogen and oxygen atoms in total. The normalized spacial score (nSPS) is 16.8. The third-order valence-corrected chi connectivity index (χ3v) is 4.12. The highest BCUT2D eigenvalue weighted by molar-refractivity contribution is 5.84. The zero-order valence-electron chi connectivity index (χ0n) is 12.4. The van der Waals surface area contributed by atoms with Crippen molar-refractivity contribution in [2.45, 2.75) is 12.8 Å². The molecule has 1 unspecified atom stereocenters. The molecule has 0 amide bonds. The highest BCUT2D eigenvalue weighted by Gasteiger charge is 2.35. The molecule has 1 aromatic carbocycles. The Balaban J connectivity index is 2.06. The maximum absolute atomic E-state index is 9.61. The second-order valence-electron chi connectivity index (χ2n) is 5.41. The second-order valence-corrected chi connectivity index (χ2v) is 5.41. The molecule has 3 aromatic rings. The van der Waals surface area contributed by atoms with Gasteiger partial charge in [0.1, 0.15) is 11.6 Å². The van der Waals surface area contributed by atoms with Crippen molar-refractivity contribution in [2.24, 2.45) is 5.73 Å². The van der Waals surface area contributed by atoms with Crippen LogP contribution >= 0.6 is 0 Å². The van der Waals surface area contributed by atoms with Gasteiger partial charge in [0.05, 0.1) is 11.4 Å². The minimum absolute atomic E-state index is 0.0948. The molecule has 23 heavy (non-hydrogen) atoms. The number of ether oxygens (including phenoxy) is 1. The average Bonchev–Trinajstić information content (AvgIpc) is 2.94. The number of rotatable bonds is 1. The summed E-state index contributed by atoms with van der Waals surface area (Å²) in [6.45, 7) is 1.90. The quantitative estimate of drug-likeness (QED) is 0.719. The number of nitrogens with zero attached hydrogens (tertiary/aromatic N) is 3. The number of aromatic amines is 1. The third-order valence-electron chi connectivity index (χ3n) is 4.12. The second kappa shape index (κ2) is 4.85. The lowest BCUT2D eigenvalue weighted by molar-refractivity contribution is 0.379. The number of pyridine rings is 1. The van der Waals surface area contributed by atoms with Crippen molar-refractivity contribution in [3.63, 3.8) is 0 Å². The van der Waals surface area contributed by atoms with Crippen molar-refractivity contribution in [2.75, 3.05) is 0 Å². The van der Waals surface area contributed by atoms with Crippen LogP contribution in [0.5, 0.6) is 5.88 Å². The number of hydrogen-bond donors (Lipinski definition) is 2. The molecule has 4 rings (SSSR count). The Bertz CT molecular complexity index is 990. The summed E-state index contributed by atoms with van der Waals surface area (Å²) in [5, 5.41) is 17.6. The van der Waals surface area contributed by atoms with Crippen LogP contribution in [0.15, 0.2) is 48.0 Å². The molecule has 0 spiro atoms. The van der Waals surface area contributed by atoms with Crippen LogP contribution < -0.4 is 10.5 Å². The number of benzene rings is 1. The summed E-state index contributed by atoms with van der Waals surface area (Å²) in [7, 11) is 0. The Morgan fingerprint density at radius 3 is 2.96 bits per heavy atom. The molecule has 0 aliphatic carbocycles. The van der Waals surface area contributed by atoms with Gasteiger partial charge in [-0.3, -0.25) is 10.1 Å². The summed E-state index contributed by atoms with van der Waals surface area (Å²) in [5.41, 5.74) is 9.86. The Hall–Kier alpha value is -3.33. The topological polar surface area (TPSA) is 101 Å². The van der Waals surface area contributed by atoms with E-state index in [2.05, 4.69) is 21.3 Å². The summed E-state index contributed by atoms with van der Waals surface area (Å²) in [5.74, 6) is 0.192. The van der Waals surface area contributed by atoms with E-state index >= 15 is 0 Å². The van der Waals surface area contributed by atoms with E-state index in [0.29, 0.717) is 11.5 Å². The lowest BCUT2D eigenvalue weighted by atomic mass is 9.83. The molecule has 6 heteroatoms. The van der Waals surface area contributed by atoms with Crippen molar-refractivity contribution in [3.8, 4) is 11.9 Å². The van der Waals surface area contributed by atoms with Gasteiger partial charge in [0.2, 0.25) is 11.8 Å². The van der Waals surface area contributed by atoms with Crippen molar-refractivity contribution in [1.29, 1.82) is 5.26 Å². The number of aryl methyl sites for hydroxylation is 1. The van der Waals surface area contributed by atoms with Gasteiger partial charge in [-0.25, -0.2) is 0 Å². The van der Waals surface area contributed by atoms with Crippen molar-refractivity contribution < 1.29 is 4.74 Å². The Morgan fingerprint density at radius 2 is 2.13 bits per heavy atom. The van der Waals surface area contributed by atoms with Crippen molar-refractivity contribution >= 4 is 10.9 Å². The van der Waals surface area contributed by atoms with Crippen LogP contribution in [0, 0.1) is 18.3 Å². The molecule has 0 saturated carbocycles. The average molecular weight is 303 g/mol. The number of fused-ring (bicyclic) bond motifs is 2. The van der Waals surface area contributed by atoms with E-state index in [1.165, 1.54) is 0 Å². The fourth-order valence-electron chi connectivity index (χ4n) is 3.08. The Morgan fingerprint density at radius 1 is 1.30 bits per heavy atom. The predicted molar refractivity (Wildman–Crippen MR) is 84.4 cm³/mol. The number of para-hydroxylation sites is 1. The Labute approximate surface area is 132 Å². The van der Waals surface area contributed by atoms with E-state index in [4.69, 9.17) is 10.5 Å². The minimum atomic E-state index is -0.324. The van der Waals surface area contributed by atoms with Crippen molar-refractivity contribution in [1.82, 2.24) is 15.2 Å². The van der Waals surface area contributed by atoms with E-state index in [9.17, 15) is 5.26 Å². The SMILES string of the molecule is Cc1[nH]nc2c1C(c1ccnc3ccccc13)C(C#N)=C(N)O2. The summed E-state index contributed by atoms with van der Waals surface area (Å²) in [4.78, 5) is 4.39. The standard InChI is InChI=1S/C17H13N5O/c1-9-14-15(12(8-18)16(19)23-17(14)22-21-9)11-6-7-20-13-5-3-2-4-10(11)13/h2-7,15H,19H2,1H3,(H,21,22). The van der Waals surface area contributed by atoms with Gasteiger partial charge in [0, 0.05) is 22.8 Å². The highest BCUT2D eigenvalue weighted by atomic mass is 16.5. The molecule has 0 fully saturated rings. The molecule has 3 heterocycles. The maximum Gasteiger partial charge on any atom is 0.244 e. The van der Waals surface area contributed by atoms with Crippen LogP contribution in [0.2, 0.25) is 0 Å². The first-order chi connectivity index (χ1) is 11.2. The minimum Gasteiger partial charge on any atom is -0.420 e. The number of aromatic nitrogens is 3. The first kappa shape index (κ1) is 13.3. The lowest BCUT2D eigenvalue weighted by Crippen LogP contribution is -2.21. The van der Waals surface area contributed by atoms with Gasteiger partial charge in [-0.15, -0.1) is 5.10 Å². The number of nitriles is 1. The first-order valence-electron chi connectivity index (χ1n) is 7.16. The van der Waals surface area contributed by atoms with E-state index in [-0.39, 0.29) is 11.8 Å². The smallest absolute Gasteiger partial charge is 0.244 e. The van der Waals surface area contributed by atoms with E-state index < -0.39 is 0 Å². The van der Waals surface area contributed by atoms with E-state index in [1.54, 1.807) is 6.20 Å². The molecule has 0 saturated heterocycles. The number of allylic oxidation sites excluding steroid dienone is 1. The fraction of sp³-hybridized carbons (Fsp3) is 0.118. The molecule has 1 aliphatic heterocycles. The van der Waals surface area contributed by atoms with Gasteiger partial charge in [0.25, 0.3) is 0 Å². The van der Waals surface area contributed by atoms with Crippen molar-refractivity contribution in [3.05, 3.63) is 64.8 Å². The number of H-pyrrole nitrogens is 1. The van der Waals surface area contributed by atoms with Gasteiger partial charge < -0.3 is 10.5 Å². The molecule has 0 bridgehead atoms. The van der Waals surface area contributed by atoms with Crippen LogP contribution in [-0.4, -0.2) is 15.2 Å². The zero-order chi connectivity index (χ0) is 16.0. The number of nitrogens with one attached hydrogen (secondary N) is 1. The summed E-state index contributed by atoms with van der Waals surface area (Å²) in [6, 6.07) is 11.9. The molecular formula is C17H13N5O. The molecule has 1 atom stereocenters. The van der Waals surface area contributed by atoms with E-state index in [0.717, 1.165) is 27.7 Å². The number of hydrogen-bond acceptors (Lipinski definition) is 5. The summed E-state index contributed by atoms with van der Waals surface area (Å²) < 4.78 is 5.50. The van der Waals surface area contributed by atoms with Gasteiger partial charge in [0.15, 0.2) is 0 Å². The van der Waals surface area contributed by atoms with Crippen LogP contribution in [0.25, 0.3) is 10.9 Å². The molecule has 112 valence electrons. The van der Waals surface area contributed by atoms with Gasteiger partial charge in [-0.2, -0.15) is 5.26 Å². The lowest BCUT2D eigenvalue weighted by Gasteiger charge is -2.24. The number of nitrogens with two attached hydrogens (primary N) is 1. The highest BCUT2D eigenvalue weighted by Crippen LogP contribution is 2.44. The molecular weight excluding hydrogens is 290 g/mol. The van der Waals surface area contributed by atoms with E-state index in [1.807, 2.05) is 37.3 Å². The largest absolute Gasteiger partial charge is 0.420 e. The Kier molecular flexibility index (Phi) is 2.81. The molecule has 1 aliphatic rings. The predicted octanol–water partition coefficient (Wildman–Crippen LogP) is 2.48. The summed E-state index contributed by atoms with van der Waals surface area (Å²) in [6.07, 6.45) is 1.74. The summed E-state index contributed by atoms with van der Waals surface area (Å²) >= 11 is 0. The molecule has 0 radical (unpaired) electrons. The molecule has 2 aromatic heterocycles. The third kappa shape index (κ3) is 1.87. The zero-order valence-corrected chi connectivity index (χ0v) is 12.4. The molecule has 3 N–H and O–H groups in total. The van der Waals surface area contributed by atoms with Gasteiger partial charge in [-0.1, -0.05) is 18.2 Å². The maximum atomic E-state index is 9.61. The van der Waals surface area contributed by atoms with Crippen LogP contribution in [0.1, 0.15) is 22.7 Å². The monoisotopic (exact) mass is 303 g/mol. The van der Waals surface area contributed by atoms with Gasteiger partial charge >= 0.3 is 0 Å². The van der Waals surface area contributed by atoms with Gasteiger partial charge in [-0.05, 0) is 24.6 Å². The fourth-order valence-corrected chi connectivity index (χ4v) is 3.08. The van der Waals surface area contributed by atoms with Crippen LogP contribution in [-0.2, 0) is 0 Å².